The maximum Gasteiger partial charge on any atom is 0.173 e. The summed E-state index contributed by atoms with van der Waals surface area (Å²) in [6.07, 6.45) is 4.55. The molecule has 1 aromatic rings. The Hall–Kier alpha value is -1.82. The van der Waals surface area contributed by atoms with E-state index in [1.807, 2.05) is 18.0 Å². The van der Waals surface area contributed by atoms with E-state index in [0.717, 1.165) is 31.4 Å². The fraction of sp³-hybridized carbons (Fsp3) is 0.600. The lowest BCUT2D eigenvalue weighted by atomic mass is 9.94. The van der Waals surface area contributed by atoms with Gasteiger partial charge in [0, 0.05) is 19.3 Å². The van der Waals surface area contributed by atoms with E-state index in [2.05, 4.69) is 5.16 Å². The lowest BCUT2D eigenvalue weighted by molar-refractivity contribution is 0.187. The van der Waals surface area contributed by atoms with E-state index in [9.17, 15) is 5.11 Å². The lowest BCUT2D eigenvalue weighted by Gasteiger charge is -2.25. The molecule has 1 atom stereocenters. The van der Waals surface area contributed by atoms with Gasteiger partial charge in [0.2, 0.25) is 0 Å². The van der Waals surface area contributed by atoms with E-state index in [1.54, 1.807) is 6.92 Å². The van der Waals surface area contributed by atoms with Crippen molar-refractivity contribution < 1.29 is 10.3 Å². The summed E-state index contributed by atoms with van der Waals surface area (Å²) in [6.45, 7) is 2.42. The smallest absolute Gasteiger partial charge is 0.173 e. The third-order valence-electron chi connectivity index (χ3n) is 3.91. The van der Waals surface area contributed by atoms with Crippen LogP contribution >= 0.6 is 0 Å². The van der Waals surface area contributed by atoms with Crippen LogP contribution in [-0.4, -0.2) is 40.8 Å². The maximum absolute atomic E-state index is 9.43. The number of oxime groups is 1. The molecule has 0 aliphatic heterocycles. The summed E-state index contributed by atoms with van der Waals surface area (Å²) < 4.78 is 0. The normalized spacial score (nSPS) is 16.4. The van der Waals surface area contributed by atoms with Gasteiger partial charge in [0.15, 0.2) is 5.84 Å². The van der Waals surface area contributed by atoms with Crippen LogP contribution in [0.1, 0.15) is 43.0 Å². The number of aromatic nitrogens is 1. The molecule has 1 aliphatic carbocycles. The third-order valence-corrected chi connectivity index (χ3v) is 3.91. The molecule has 0 saturated heterocycles. The average Bonchev–Trinajstić information content (AvgIpc) is 2.50. The van der Waals surface area contributed by atoms with Gasteiger partial charge in [0.1, 0.15) is 5.82 Å². The number of anilines is 1. The molecule has 2 rings (SSSR count). The van der Waals surface area contributed by atoms with E-state index in [0.29, 0.717) is 24.3 Å². The molecular weight excluding hydrogens is 268 g/mol. The number of hydrogen-bond donors (Lipinski definition) is 3. The number of aryl methyl sites for hydroxylation is 2. The Morgan fingerprint density at radius 2 is 2.19 bits per heavy atom. The second-order valence-corrected chi connectivity index (χ2v) is 5.72. The van der Waals surface area contributed by atoms with Gasteiger partial charge in [-0.25, -0.2) is 4.98 Å². The van der Waals surface area contributed by atoms with E-state index >= 15 is 0 Å². The highest BCUT2D eigenvalue weighted by Gasteiger charge is 2.19. The molecule has 1 aromatic heterocycles. The number of rotatable bonds is 5. The highest BCUT2D eigenvalue weighted by molar-refractivity contribution is 6.01. The van der Waals surface area contributed by atoms with Crippen molar-refractivity contribution in [2.75, 3.05) is 18.5 Å². The van der Waals surface area contributed by atoms with Gasteiger partial charge < -0.3 is 20.9 Å². The lowest BCUT2D eigenvalue weighted by Crippen LogP contribution is -2.28. The van der Waals surface area contributed by atoms with Crippen LogP contribution in [-0.2, 0) is 12.8 Å². The summed E-state index contributed by atoms with van der Waals surface area (Å²) in [4.78, 5) is 6.69. The molecule has 1 unspecified atom stereocenters. The van der Waals surface area contributed by atoms with E-state index < -0.39 is 0 Å². The highest BCUT2D eigenvalue weighted by atomic mass is 16.4. The molecular formula is C15H24N4O2. The Labute approximate surface area is 125 Å². The zero-order valence-electron chi connectivity index (χ0n) is 12.7. The number of hydrogen-bond acceptors (Lipinski definition) is 5. The summed E-state index contributed by atoms with van der Waals surface area (Å²) in [5, 5.41) is 21.5. The van der Waals surface area contributed by atoms with Gasteiger partial charge in [-0.15, -0.1) is 0 Å². The van der Waals surface area contributed by atoms with Crippen molar-refractivity contribution in [3.8, 4) is 0 Å². The highest BCUT2D eigenvalue weighted by Crippen LogP contribution is 2.26. The number of nitrogens with two attached hydrogens (primary N) is 1. The predicted molar refractivity (Wildman–Crippen MR) is 83.0 cm³/mol. The minimum atomic E-state index is -0.364. The Bertz CT molecular complexity index is 529. The largest absolute Gasteiger partial charge is 0.409 e. The van der Waals surface area contributed by atoms with Crippen LogP contribution in [0.25, 0.3) is 0 Å². The van der Waals surface area contributed by atoms with Crippen molar-refractivity contribution in [3.63, 3.8) is 0 Å². The Morgan fingerprint density at radius 3 is 2.86 bits per heavy atom. The topological polar surface area (TPSA) is 95.0 Å². The first kappa shape index (κ1) is 15.6. The fourth-order valence-electron chi connectivity index (χ4n) is 2.64. The maximum atomic E-state index is 9.43. The number of pyridine rings is 1. The van der Waals surface area contributed by atoms with E-state index in [1.165, 1.54) is 5.56 Å². The van der Waals surface area contributed by atoms with Crippen LogP contribution in [0, 0.1) is 0 Å². The molecule has 0 spiro atoms. The second kappa shape index (κ2) is 6.76. The number of fused-ring (bicyclic) bond motifs is 1. The van der Waals surface area contributed by atoms with Gasteiger partial charge in [-0.1, -0.05) is 5.16 Å². The van der Waals surface area contributed by atoms with Gasteiger partial charge in [-0.3, -0.25) is 0 Å². The molecule has 1 aliphatic rings. The molecule has 116 valence electrons. The molecule has 0 fully saturated rings. The summed E-state index contributed by atoms with van der Waals surface area (Å²) in [6, 6.07) is 1.99. The molecule has 0 bridgehead atoms. The predicted octanol–water partition coefficient (Wildman–Crippen LogP) is 1.26. The molecule has 6 nitrogen and oxygen atoms in total. The van der Waals surface area contributed by atoms with Crippen molar-refractivity contribution in [2.24, 2.45) is 10.9 Å². The molecule has 1 heterocycles. The van der Waals surface area contributed by atoms with Crippen LogP contribution < -0.4 is 10.6 Å². The summed E-state index contributed by atoms with van der Waals surface area (Å²) >= 11 is 0. The number of nitrogens with zero attached hydrogens (tertiary/aromatic N) is 3. The monoisotopic (exact) mass is 292 g/mol. The number of aliphatic hydroxyl groups excluding tert-OH is 1. The first-order valence-corrected chi connectivity index (χ1v) is 7.42. The minimum Gasteiger partial charge on any atom is -0.409 e. The van der Waals surface area contributed by atoms with Crippen LogP contribution in [0.4, 0.5) is 5.82 Å². The van der Waals surface area contributed by atoms with Crippen molar-refractivity contribution >= 4 is 11.7 Å². The SMILES string of the molecule is CC(O)CCN(C)c1nc2c(cc1C(N)=NO)CCCC2. The van der Waals surface area contributed by atoms with Crippen LogP contribution in [0.3, 0.4) is 0 Å². The third kappa shape index (κ3) is 3.64. The van der Waals surface area contributed by atoms with Crippen LogP contribution in [0.5, 0.6) is 0 Å². The standard InChI is InChI=1S/C15H24N4O2/c1-10(20)7-8-19(2)15-12(14(16)18-21)9-11-5-3-4-6-13(11)17-15/h9-10,20-21H,3-8H2,1-2H3,(H2,16,18). The molecule has 0 amide bonds. The molecule has 6 heteroatoms. The van der Waals surface area contributed by atoms with E-state index in [4.69, 9.17) is 15.9 Å². The van der Waals surface area contributed by atoms with Gasteiger partial charge in [-0.05, 0) is 50.7 Å². The van der Waals surface area contributed by atoms with Gasteiger partial charge in [0.25, 0.3) is 0 Å². The number of amidine groups is 1. The summed E-state index contributed by atoms with van der Waals surface area (Å²) in [7, 11) is 1.91. The minimum absolute atomic E-state index is 0.0785. The molecule has 4 N–H and O–H groups in total. The zero-order chi connectivity index (χ0) is 15.4. The quantitative estimate of drug-likeness (QED) is 0.329. The molecule has 21 heavy (non-hydrogen) atoms. The fourth-order valence-corrected chi connectivity index (χ4v) is 2.64. The summed E-state index contributed by atoms with van der Waals surface area (Å²) in [5.41, 5.74) is 8.76. The van der Waals surface area contributed by atoms with Crippen LogP contribution in [0.15, 0.2) is 11.2 Å². The van der Waals surface area contributed by atoms with Gasteiger partial charge in [-0.2, -0.15) is 0 Å². The molecule has 0 saturated carbocycles. The van der Waals surface area contributed by atoms with Crippen LogP contribution in [0.2, 0.25) is 0 Å². The van der Waals surface area contributed by atoms with E-state index in [-0.39, 0.29) is 11.9 Å². The van der Waals surface area contributed by atoms with Crippen molar-refractivity contribution in [3.05, 3.63) is 22.9 Å². The Balaban J connectivity index is 2.36. The average molecular weight is 292 g/mol. The summed E-state index contributed by atoms with van der Waals surface area (Å²) in [5.74, 6) is 0.793. The van der Waals surface area contributed by atoms with Crippen molar-refractivity contribution in [1.29, 1.82) is 0 Å². The first-order chi connectivity index (χ1) is 10.0. The molecule has 0 aromatic carbocycles. The Kier molecular flexibility index (Phi) is 5.01. The first-order valence-electron chi connectivity index (χ1n) is 7.42. The van der Waals surface area contributed by atoms with Crippen molar-refractivity contribution in [1.82, 2.24) is 4.98 Å². The van der Waals surface area contributed by atoms with Gasteiger partial charge in [0.05, 0.1) is 11.7 Å². The van der Waals surface area contributed by atoms with Gasteiger partial charge >= 0.3 is 0 Å². The Morgan fingerprint density at radius 1 is 1.48 bits per heavy atom. The zero-order valence-corrected chi connectivity index (χ0v) is 12.7. The van der Waals surface area contributed by atoms with Crippen molar-refractivity contribution in [2.45, 2.75) is 45.1 Å². The number of aliphatic hydroxyl groups is 1. The second-order valence-electron chi connectivity index (χ2n) is 5.72. The molecule has 0 radical (unpaired) electrons.